The standard InChI is InChI=1S/C51H31N3OS/c1-4-14-32(15-5-1)41-31-47-42(39-22-10-11-25-46(39)56-47)30-40(41)36-26-27-44-43(29-36)48-38(23-13-24-45(48)55-44)35-20-12-21-37(28-35)51-53-49(33-16-6-2-7-17-33)52-50(54-51)34-18-8-3-9-19-34/h1-31H. The fraction of sp³-hybridized carbons (Fsp3) is 0. The van der Waals surface area contributed by atoms with Gasteiger partial charge in [-0.05, 0) is 75.8 Å². The summed E-state index contributed by atoms with van der Waals surface area (Å²) in [5, 5.41) is 4.72. The van der Waals surface area contributed by atoms with Crippen molar-refractivity contribution in [2.75, 3.05) is 0 Å². The van der Waals surface area contributed by atoms with Crippen LogP contribution in [0.15, 0.2) is 192 Å². The van der Waals surface area contributed by atoms with Crippen LogP contribution >= 0.6 is 11.3 Å². The number of hydrogen-bond donors (Lipinski definition) is 0. The van der Waals surface area contributed by atoms with E-state index in [1.54, 1.807) is 0 Å². The van der Waals surface area contributed by atoms with Crippen LogP contribution in [0.1, 0.15) is 0 Å². The van der Waals surface area contributed by atoms with E-state index in [0.717, 1.165) is 55.3 Å². The topological polar surface area (TPSA) is 51.8 Å². The molecule has 0 aliphatic rings. The van der Waals surface area contributed by atoms with Crippen LogP contribution in [0.2, 0.25) is 0 Å². The van der Waals surface area contributed by atoms with Gasteiger partial charge in [0.1, 0.15) is 11.2 Å². The molecule has 11 rings (SSSR count). The SMILES string of the molecule is c1ccc(-c2nc(-c3ccccc3)nc(-c3cccc(-c4cccc5oc6ccc(-c7cc8c(cc7-c7ccccc7)sc7ccccc78)cc6c45)c3)n2)cc1. The highest BCUT2D eigenvalue weighted by Crippen LogP contribution is 2.44. The van der Waals surface area contributed by atoms with Crippen molar-refractivity contribution in [3.63, 3.8) is 0 Å². The van der Waals surface area contributed by atoms with Crippen LogP contribution in [-0.2, 0) is 0 Å². The first-order chi connectivity index (χ1) is 27.7. The van der Waals surface area contributed by atoms with Gasteiger partial charge in [-0.15, -0.1) is 11.3 Å². The highest BCUT2D eigenvalue weighted by Gasteiger charge is 2.19. The van der Waals surface area contributed by atoms with E-state index in [1.165, 1.54) is 36.9 Å². The third-order valence-corrected chi connectivity index (χ3v) is 11.7. The van der Waals surface area contributed by atoms with Crippen LogP contribution in [-0.4, -0.2) is 15.0 Å². The Morgan fingerprint density at radius 1 is 0.321 bits per heavy atom. The molecule has 0 saturated heterocycles. The van der Waals surface area contributed by atoms with E-state index in [2.05, 4.69) is 127 Å². The van der Waals surface area contributed by atoms with Crippen LogP contribution in [0.25, 0.3) is 110 Å². The number of benzene rings is 8. The zero-order valence-corrected chi connectivity index (χ0v) is 30.9. The molecule has 5 heteroatoms. The zero-order chi connectivity index (χ0) is 37.0. The molecule has 0 N–H and O–H groups in total. The second kappa shape index (κ2) is 13.3. The normalized spacial score (nSPS) is 11.6. The number of aromatic nitrogens is 3. The molecule has 0 fully saturated rings. The number of thiophene rings is 1. The zero-order valence-electron chi connectivity index (χ0n) is 30.1. The van der Waals surface area contributed by atoms with Gasteiger partial charge in [0.25, 0.3) is 0 Å². The first-order valence-corrected chi connectivity index (χ1v) is 19.5. The second-order valence-electron chi connectivity index (χ2n) is 14.0. The lowest BCUT2D eigenvalue weighted by Crippen LogP contribution is -2.00. The Hall–Kier alpha value is -7.21. The maximum Gasteiger partial charge on any atom is 0.164 e. The van der Waals surface area contributed by atoms with Crippen molar-refractivity contribution in [1.82, 2.24) is 15.0 Å². The highest BCUT2D eigenvalue weighted by molar-refractivity contribution is 7.25. The largest absolute Gasteiger partial charge is 0.456 e. The van der Waals surface area contributed by atoms with Gasteiger partial charge in [0.15, 0.2) is 17.5 Å². The minimum atomic E-state index is 0.621. The molecule has 0 atom stereocenters. The lowest BCUT2D eigenvalue weighted by Gasteiger charge is -2.12. The van der Waals surface area contributed by atoms with Gasteiger partial charge in [-0.1, -0.05) is 146 Å². The number of nitrogens with zero attached hydrogens (tertiary/aromatic N) is 3. The third-order valence-electron chi connectivity index (χ3n) is 10.5. The Kier molecular flexibility index (Phi) is 7.64. The van der Waals surface area contributed by atoms with E-state index < -0.39 is 0 Å². The summed E-state index contributed by atoms with van der Waals surface area (Å²) < 4.78 is 9.13. The Labute approximate surface area is 327 Å². The van der Waals surface area contributed by atoms with E-state index in [0.29, 0.717) is 17.5 Å². The molecule has 3 aromatic heterocycles. The van der Waals surface area contributed by atoms with Gasteiger partial charge in [0.05, 0.1) is 0 Å². The molecule has 0 aliphatic heterocycles. The molecule has 3 heterocycles. The fourth-order valence-electron chi connectivity index (χ4n) is 7.87. The summed E-state index contributed by atoms with van der Waals surface area (Å²) in [6.45, 7) is 0. The van der Waals surface area contributed by atoms with Crippen molar-refractivity contribution >= 4 is 53.4 Å². The summed E-state index contributed by atoms with van der Waals surface area (Å²) in [4.78, 5) is 14.9. The minimum absolute atomic E-state index is 0.621. The van der Waals surface area contributed by atoms with Crippen LogP contribution in [0.4, 0.5) is 0 Å². The predicted octanol–water partition coefficient (Wildman–Crippen LogP) is 14.1. The van der Waals surface area contributed by atoms with E-state index in [9.17, 15) is 0 Å². The van der Waals surface area contributed by atoms with Gasteiger partial charge in [-0.25, -0.2) is 15.0 Å². The molecule has 0 unspecified atom stereocenters. The first kappa shape index (κ1) is 32.2. The van der Waals surface area contributed by atoms with E-state index in [1.807, 2.05) is 72.0 Å². The average Bonchev–Trinajstić information content (AvgIpc) is 3.84. The van der Waals surface area contributed by atoms with Gasteiger partial charge in [0.2, 0.25) is 0 Å². The monoisotopic (exact) mass is 733 g/mol. The van der Waals surface area contributed by atoms with Crippen LogP contribution in [0, 0.1) is 0 Å². The smallest absolute Gasteiger partial charge is 0.164 e. The second-order valence-corrected chi connectivity index (χ2v) is 15.1. The van der Waals surface area contributed by atoms with E-state index in [-0.39, 0.29) is 0 Å². The number of rotatable bonds is 6. The molecule has 0 radical (unpaired) electrons. The Morgan fingerprint density at radius 2 is 0.893 bits per heavy atom. The van der Waals surface area contributed by atoms with Crippen molar-refractivity contribution in [2.24, 2.45) is 0 Å². The van der Waals surface area contributed by atoms with Crippen molar-refractivity contribution in [3.05, 3.63) is 188 Å². The van der Waals surface area contributed by atoms with Gasteiger partial charge in [-0.2, -0.15) is 0 Å². The predicted molar refractivity (Wildman–Crippen MR) is 233 cm³/mol. The molecule has 8 aromatic carbocycles. The molecule has 262 valence electrons. The maximum atomic E-state index is 6.55. The summed E-state index contributed by atoms with van der Waals surface area (Å²) >= 11 is 1.85. The molecule has 4 nitrogen and oxygen atoms in total. The molecule has 0 bridgehead atoms. The quantitative estimate of drug-likeness (QED) is 0.171. The van der Waals surface area contributed by atoms with Crippen LogP contribution < -0.4 is 0 Å². The molecule has 0 aliphatic carbocycles. The molecular weight excluding hydrogens is 703 g/mol. The van der Waals surface area contributed by atoms with Gasteiger partial charge >= 0.3 is 0 Å². The summed E-state index contributed by atoms with van der Waals surface area (Å²) in [6, 6.07) is 65.8. The molecule has 56 heavy (non-hydrogen) atoms. The summed E-state index contributed by atoms with van der Waals surface area (Å²) in [7, 11) is 0. The van der Waals surface area contributed by atoms with Gasteiger partial charge < -0.3 is 4.42 Å². The Balaban J connectivity index is 1.08. The van der Waals surface area contributed by atoms with Crippen molar-refractivity contribution in [2.45, 2.75) is 0 Å². The average molecular weight is 734 g/mol. The number of hydrogen-bond acceptors (Lipinski definition) is 5. The molecule has 0 amide bonds. The first-order valence-electron chi connectivity index (χ1n) is 18.7. The molecule has 11 aromatic rings. The summed E-state index contributed by atoms with van der Waals surface area (Å²) in [5.41, 5.74) is 11.4. The lowest BCUT2D eigenvalue weighted by molar-refractivity contribution is 0.669. The Bertz CT molecular complexity index is 3180. The minimum Gasteiger partial charge on any atom is -0.456 e. The van der Waals surface area contributed by atoms with Crippen molar-refractivity contribution in [3.8, 4) is 67.5 Å². The molecule has 0 saturated carbocycles. The molecule has 0 spiro atoms. The third kappa shape index (κ3) is 5.56. The fourth-order valence-corrected chi connectivity index (χ4v) is 8.99. The lowest BCUT2D eigenvalue weighted by atomic mass is 9.91. The molecular formula is C51H31N3OS. The van der Waals surface area contributed by atoms with E-state index in [4.69, 9.17) is 19.4 Å². The summed E-state index contributed by atoms with van der Waals surface area (Å²) in [5.74, 6) is 1.90. The highest BCUT2D eigenvalue weighted by atomic mass is 32.1. The maximum absolute atomic E-state index is 6.55. The number of fused-ring (bicyclic) bond motifs is 6. The van der Waals surface area contributed by atoms with Crippen molar-refractivity contribution < 1.29 is 4.42 Å². The number of furan rings is 1. The van der Waals surface area contributed by atoms with Crippen LogP contribution in [0.3, 0.4) is 0 Å². The van der Waals surface area contributed by atoms with Crippen LogP contribution in [0.5, 0.6) is 0 Å². The Morgan fingerprint density at radius 3 is 1.62 bits per heavy atom. The van der Waals surface area contributed by atoms with Gasteiger partial charge in [0, 0.05) is 47.6 Å². The van der Waals surface area contributed by atoms with Crippen molar-refractivity contribution in [1.29, 1.82) is 0 Å². The summed E-state index contributed by atoms with van der Waals surface area (Å²) in [6.07, 6.45) is 0. The van der Waals surface area contributed by atoms with E-state index >= 15 is 0 Å². The van der Waals surface area contributed by atoms with Gasteiger partial charge in [-0.3, -0.25) is 0 Å².